The molecule has 1 amide bonds. The zero-order valence-electron chi connectivity index (χ0n) is 14.3. The van der Waals surface area contributed by atoms with Gasteiger partial charge in [0.15, 0.2) is 17.2 Å². The number of methoxy groups -OCH3 is 2. The van der Waals surface area contributed by atoms with Crippen LogP contribution in [-0.2, 0) is 17.7 Å². The van der Waals surface area contributed by atoms with E-state index in [4.69, 9.17) is 14.2 Å². The molecule has 0 spiro atoms. The van der Waals surface area contributed by atoms with Gasteiger partial charge in [0.1, 0.15) is 6.61 Å². The van der Waals surface area contributed by atoms with Crippen LogP contribution in [0.2, 0.25) is 0 Å². The van der Waals surface area contributed by atoms with Gasteiger partial charge in [-0.3, -0.25) is 9.89 Å². The summed E-state index contributed by atoms with van der Waals surface area (Å²) < 4.78 is 15.9. The quantitative estimate of drug-likeness (QED) is 0.655. The van der Waals surface area contributed by atoms with Crippen molar-refractivity contribution in [3.63, 3.8) is 0 Å². The van der Waals surface area contributed by atoms with Crippen LogP contribution in [0.1, 0.15) is 21.7 Å². The Kier molecular flexibility index (Phi) is 5.52. The van der Waals surface area contributed by atoms with E-state index in [0.717, 1.165) is 24.2 Å². The van der Waals surface area contributed by atoms with E-state index in [-0.39, 0.29) is 5.91 Å². The lowest BCUT2D eigenvalue weighted by Crippen LogP contribution is -2.25. The van der Waals surface area contributed by atoms with Crippen molar-refractivity contribution < 1.29 is 19.0 Å². The van der Waals surface area contributed by atoms with E-state index in [9.17, 15) is 4.79 Å². The fraction of sp³-hybridized carbons (Fsp3) is 0.412. The minimum atomic E-state index is -0.255. The molecule has 1 aromatic heterocycles. The van der Waals surface area contributed by atoms with Crippen LogP contribution in [-0.4, -0.2) is 50.1 Å². The molecule has 25 heavy (non-hydrogen) atoms. The molecule has 0 bridgehead atoms. The molecule has 8 heteroatoms. The van der Waals surface area contributed by atoms with E-state index in [0.29, 0.717) is 42.6 Å². The predicted octanol–water partition coefficient (Wildman–Crippen LogP) is 1.34. The number of hydrogen-bond acceptors (Lipinski definition) is 6. The van der Waals surface area contributed by atoms with Gasteiger partial charge in [-0.05, 0) is 12.1 Å². The normalized spacial score (nSPS) is 13.2. The van der Waals surface area contributed by atoms with E-state index >= 15 is 0 Å². The number of nitrogens with zero attached hydrogens (tertiary/aromatic N) is 1. The van der Waals surface area contributed by atoms with E-state index in [1.165, 1.54) is 0 Å². The van der Waals surface area contributed by atoms with Gasteiger partial charge < -0.3 is 24.8 Å². The maximum atomic E-state index is 12.6. The Labute approximate surface area is 145 Å². The molecule has 0 saturated carbocycles. The summed E-state index contributed by atoms with van der Waals surface area (Å²) in [5.74, 6) is 0.882. The summed E-state index contributed by atoms with van der Waals surface area (Å²) in [6.07, 6.45) is 0.843. The predicted molar refractivity (Wildman–Crippen MR) is 92.3 cm³/mol. The molecule has 134 valence electrons. The highest BCUT2D eigenvalue weighted by Gasteiger charge is 2.21. The Bertz CT molecular complexity index is 744. The summed E-state index contributed by atoms with van der Waals surface area (Å²) in [6, 6.07) is 5.24. The number of ether oxygens (including phenoxy) is 3. The summed E-state index contributed by atoms with van der Waals surface area (Å²) in [7, 11) is 3.18. The number of nitrogens with one attached hydrogen (secondary N) is 3. The summed E-state index contributed by atoms with van der Waals surface area (Å²) in [5.41, 5.74) is 2.97. The minimum Gasteiger partial charge on any atom is -0.493 e. The van der Waals surface area contributed by atoms with Gasteiger partial charge in [0.05, 0.1) is 13.7 Å². The van der Waals surface area contributed by atoms with Gasteiger partial charge in [0.2, 0.25) is 0 Å². The Morgan fingerprint density at radius 1 is 1.28 bits per heavy atom. The first-order valence-electron chi connectivity index (χ1n) is 8.11. The summed E-state index contributed by atoms with van der Waals surface area (Å²) in [6.45, 7) is 2.38. The molecule has 8 nitrogen and oxygen atoms in total. The van der Waals surface area contributed by atoms with Crippen molar-refractivity contribution in [3.8, 4) is 11.5 Å². The lowest BCUT2D eigenvalue weighted by atomic mass is 10.1. The lowest BCUT2D eigenvalue weighted by molar-refractivity contribution is 0.102. The van der Waals surface area contributed by atoms with Crippen LogP contribution in [0, 0.1) is 0 Å². The molecular formula is C17H22N4O4. The molecule has 1 aliphatic rings. The first-order chi connectivity index (χ1) is 12.2. The van der Waals surface area contributed by atoms with Crippen LogP contribution in [0.15, 0.2) is 18.2 Å². The second-order valence-corrected chi connectivity index (χ2v) is 5.62. The average Bonchev–Trinajstić information content (AvgIpc) is 3.06. The third-order valence-electron chi connectivity index (χ3n) is 3.99. The molecule has 0 aliphatic carbocycles. The fourth-order valence-corrected chi connectivity index (χ4v) is 2.71. The lowest BCUT2D eigenvalue weighted by Gasteiger charge is -2.14. The van der Waals surface area contributed by atoms with Crippen LogP contribution in [0.3, 0.4) is 0 Å². The SMILES string of the molecule is COCCOc1cc(NC(=O)c2n[nH]c3c2CNCC3)ccc1OC. The zero-order chi connectivity index (χ0) is 17.6. The largest absolute Gasteiger partial charge is 0.493 e. The number of H-pyrrole nitrogens is 1. The number of carbonyl (C=O) groups excluding carboxylic acids is 1. The number of aromatic nitrogens is 2. The van der Waals surface area contributed by atoms with Crippen molar-refractivity contribution in [2.24, 2.45) is 0 Å². The van der Waals surface area contributed by atoms with Crippen molar-refractivity contribution in [2.75, 3.05) is 39.3 Å². The minimum absolute atomic E-state index is 0.255. The highest BCUT2D eigenvalue weighted by molar-refractivity contribution is 6.04. The highest BCUT2D eigenvalue weighted by Crippen LogP contribution is 2.30. The molecule has 3 rings (SSSR count). The van der Waals surface area contributed by atoms with E-state index in [1.807, 2.05) is 0 Å². The van der Waals surface area contributed by atoms with Crippen LogP contribution in [0.5, 0.6) is 11.5 Å². The molecule has 2 aromatic rings. The monoisotopic (exact) mass is 346 g/mol. The van der Waals surface area contributed by atoms with Gasteiger partial charge in [-0.25, -0.2) is 0 Å². The second kappa shape index (κ2) is 8.00. The Morgan fingerprint density at radius 2 is 2.16 bits per heavy atom. The fourth-order valence-electron chi connectivity index (χ4n) is 2.71. The average molecular weight is 346 g/mol. The third-order valence-corrected chi connectivity index (χ3v) is 3.99. The first-order valence-corrected chi connectivity index (χ1v) is 8.11. The zero-order valence-corrected chi connectivity index (χ0v) is 14.3. The smallest absolute Gasteiger partial charge is 0.276 e. The molecule has 1 aliphatic heterocycles. The van der Waals surface area contributed by atoms with Gasteiger partial charge in [-0.1, -0.05) is 0 Å². The highest BCUT2D eigenvalue weighted by atomic mass is 16.5. The second-order valence-electron chi connectivity index (χ2n) is 5.62. The summed E-state index contributed by atoms with van der Waals surface area (Å²) in [4.78, 5) is 12.6. The van der Waals surface area contributed by atoms with Crippen molar-refractivity contribution in [1.82, 2.24) is 15.5 Å². The molecule has 0 fully saturated rings. The standard InChI is InChI=1S/C17H22N4O4/c1-23-7-8-25-15-9-11(3-4-14(15)24-2)19-17(22)16-12-10-18-6-5-13(12)20-21-16/h3-4,9,18H,5-8,10H2,1-2H3,(H,19,22)(H,20,21). The maximum Gasteiger partial charge on any atom is 0.276 e. The molecule has 0 saturated heterocycles. The Hall–Kier alpha value is -2.58. The van der Waals surface area contributed by atoms with Crippen LogP contribution in [0.25, 0.3) is 0 Å². The van der Waals surface area contributed by atoms with Crippen molar-refractivity contribution in [1.29, 1.82) is 0 Å². The first kappa shape index (κ1) is 17.2. The van der Waals surface area contributed by atoms with Crippen LogP contribution in [0.4, 0.5) is 5.69 Å². The molecule has 0 radical (unpaired) electrons. The summed E-state index contributed by atoms with van der Waals surface area (Å²) in [5, 5.41) is 13.2. The van der Waals surface area contributed by atoms with Crippen LogP contribution < -0.4 is 20.1 Å². The maximum absolute atomic E-state index is 12.6. The van der Waals surface area contributed by atoms with Crippen molar-refractivity contribution in [3.05, 3.63) is 35.2 Å². The van der Waals surface area contributed by atoms with Gasteiger partial charge >= 0.3 is 0 Å². The molecule has 0 atom stereocenters. The molecule has 3 N–H and O–H groups in total. The van der Waals surface area contributed by atoms with Crippen LogP contribution >= 0.6 is 0 Å². The number of rotatable bonds is 7. The van der Waals surface area contributed by atoms with E-state index < -0.39 is 0 Å². The summed E-state index contributed by atoms with van der Waals surface area (Å²) >= 11 is 0. The number of carbonyl (C=O) groups is 1. The van der Waals surface area contributed by atoms with Gasteiger partial charge in [0.25, 0.3) is 5.91 Å². The van der Waals surface area contributed by atoms with Crippen molar-refractivity contribution >= 4 is 11.6 Å². The number of hydrogen-bond donors (Lipinski definition) is 3. The number of amides is 1. The van der Waals surface area contributed by atoms with Crippen molar-refractivity contribution in [2.45, 2.75) is 13.0 Å². The Morgan fingerprint density at radius 3 is 2.96 bits per heavy atom. The third kappa shape index (κ3) is 3.92. The van der Waals surface area contributed by atoms with E-state index in [1.54, 1.807) is 32.4 Å². The number of anilines is 1. The number of fused-ring (bicyclic) bond motifs is 1. The van der Waals surface area contributed by atoms with Gasteiger partial charge in [-0.15, -0.1) is 0 Å². The van der Waals surface area contributed by atoms with Gasteiger partial charge in [0, 0.05) is 49.6 Å². The van der Waals surface area contributed by atoms with E-state index in [2.05, 4.69) is 20.8 Å². The number of aromatic amines is 1. The molecule has 0 unspecified atom stereocenters. The number of benzene rings is 1. The van der Waals surface area contributed by atoms with Gasteiger partial charge in [-0.2, -0.15) is 5.10 Å². The topological polar surface area (TPSA) is 97.5 Å². The molecular weight excluding hydrogens is 324 g/mol. The molecule has 1 aromatic carbocycles. The molecule has 2 heterocycles. The Balaban J connectivity index is 1.74.